The number of nitrogens with two attached hydrogens (primary N) is 1. The van der Waals surface area contributed by atoms with Crippen molar-refractivity contribution in [1.82, 2.24) is 4.98 Å². The molecule has 94 valence electrons. The molecule has 0 amide bonds. The molecule has 1 aromatic heterocycles. The fraction of sp³-hybridized carbons (Fsp3) is 0.154. The molecule has 0 aliphatic heterocycles. The second-order valence-electron chi connectivity index (χ2n) is 4.06. The predicted octanol–water partition coefficient (Wildman–Crippen LogP) is 2.96. The number of aromatic nitrogens is 1. The number of nitrogen functional groups attached to an aromatic ring is 1. The summed E-state index contributed by atoms with van der Waals surface area (Å²) in [6, 6.07) is 5.88. The molecular weight excluding hydrogens is 299 g/mol. The highest BCUT2D eigenvalue weighted by Gasteiger charge is 2.17. The van der Waals surface area contributed by atoms with Gasteiger partial charge < -0.3 is 10.8 Å². The van der Waals surface area contributed by atoms with E-state index in [0.29, 0.717) is 15.6 Å². The molecule has 0 radical (unpaired) electrons. The molecule has 18 heavy (non-hydrogen) atoms. The number of rotatable bonds is 2. The van der Waals surface area contributed by atoms with Gasteiger partial charge in [-0.25, -0.2) is 9.37 Å². The van der Waals surface area contributed by atoms with E-state index in [1.54, 1.807) is 12.3 Å². The molecule has 0 spiro atoms. The van der Waals surface area contributed by atoms with Crippen LogP contribution in [-0.2, 0) is 0 Å². The zero-order valence-corrected chi connectivity index (χ0v) is 11.3. The summed E-state index contributed by atoms with van der Waals surface area (Å²) in [5.74, 6) is -0.0995. The molecule has 0 fully saturated rings. The Kier molecular flexibility index (Phi) is 3.63. The van der Waals surface area contributed by atoms with Crippen molar-refractivity contribution in [2.75, 3.05) is 5.73 Å². The number of pyridine rings is 1. The van der Waals surface area contributed by atoms with Crippen LogP contribution in [0.2, 0.25) is 0 Å². The Labute approximate surface area is 113 Å². The molecular formula is C13H12BrFN2O. The molecule has 2 aromatic rings. The molecule has 1 heterocycles. The van der Waals surface area contributed by atoms with Gasteiger partial charge in [0, 0.05) is 16.2 Å². The first-order valence-corrected chi connectivity index (χ1v) is 6.13. The van der Waals surface area contributed by atoms with E-state index >= 15 is 0 Å². The number of anilines is 1. The second kappa shape index (κ2) is 5.04. The first-order chi connectivity index (χ1) is 8.49. The molecule has 1 unspecified atom stereocenters. The smallest absolute Gasteiger partial charge is 0.129 e. The lowest BCUT2D eigenvalue weighted by molar-refractivity contribution is 0.219. The molecule has 1 aromatic carbocycles. The molecule has 0 saturated heterocycles. The Bertz CT molecular complexity index is 589. The molecule has 1 atom stereocenters. The lowest BCUT2D eigenvalue weighted by Gasteiger charge is -2.15. The van der Waals surface area contributed by atoms with Crippen molar-refractivity contribution in [1.29, 1.82) is 0 Å². The number of aliphatic hydroxyl groups excluding tert-OH is 1. The van der Waals surface area contributed by atoms with Crippen molar-refractivity contribution in [2.45, 2.75) is 13.0 Å². The fourth-order valence-electron chi connectivity index (χ4n) is 1.71. The number of halogens is 2. The lowest BCUT2D eigenvalue weighted by Crippen LogP contribution is -2.06. The monoisotopic (exact) mass is 310 g/mol. The molecule has 0 saturated carbocycles. The SMILES string of the molecule is Cc1cnc(N)c(C(O)c2ccc(F)cc2Br)c1. The Hall–Kier alpha value is -1.46. The molecule has 0 aliphatic carbocycles. The van der Waals surface area contributed by atoms with Crippen molar-refractivity contribution in [2.24, 2.45) is 0 Å². The van der Waals surface area contributed by atoms with Crippen molar-refractivity contribution in [3.05, 3.63) is 57.4 Å². The minimum Gasteiger partial charge on any atom is -0.383 e. The van der Waals surface area contributed by atoms with Crippen LogP contribution in [0, 0.1) is 12.7 Å². The number of nitrogens with zero attached hydrogens (tertiary/aromatic N) is 1. The van der Waals surface area contributed by atoms with Crippen LogP contribution < -0.4 is 5.73 Å². The predicted molar refractivity (Wildman–Crippen MR) is 71.5 cm³/mol. The standard InChI is InChI=1S/C13H12BrFN2O/c1-7-4-10(13(16)17-6-7)12(18)9-3-2-8(15)5-11(9)14/h2-6,12,18H,1H3,(H2,16,17). The average molecular weight is 311 g/mol. The van der Waals surface area contributed by atoms with Gasteiger partial charge in [-0.05, 0) is 36.2 Å². The molecule has 5 heteroatoms. The minimum absolute atomic E-state index is 0.268. The van der Waals surface area contributed by atoms with Crippen LogP contribution in [0.1, 0.15) is 22.8 Å². The quantitative estimate of drug-likeness (QED) is 0.896. The van der Waals surface area contributed by atoms with Gasteiger partial charge in [0.15, 0.2) is 0 Å². The number of hydrogen-bond donors (Lipinski definition) is 2. The second-order valence-corrected chi connectivity index (χ2v) is 4.91. The summed E-state index contributed by atoms with van der Waals surface area (Å²) in [6.45, 7) is 1.86. The van der Waals surface area contributed by atoms with E-state index in [0.717, 1.165) is 5.56 Å². The molecule has 0 bridgehead atoms. The summed E-state index contributed by atoms with van der Waals surface area (Å²) < 4.78 is 13.5. The van der Waals surface area contributed by atoms with Crippen molar-refractivity contribution >= 4 is 21.7 Å². The third-order valence-corrected chi connectivity index (χ3v) is 3.32. The first kappa shape index (κ1) is 13.0. The number of aliphatic hydroxyl groups is 1. The highest BCUT2D eigenvalue weighted by molar-refractivity contribution is 9.10. The van der Waals surface area contributed by atoms with Gasteiger partial charge in [-0.1, -0.05) is 22.0 Å². The van der Waals surface area contributed by atoms with Crippen LogP contribution in [0.3, 0.4) is 0 Å². The molecule has 3 nitrogen and oxygen atoms in total. The summed E-state index contributed by atoms with van der Waals surface area (Å²) in [5.41, 5.74) is 7.71. The van der Waals surface area contributed by atoms with Gasteiger partial charge >= 0.3 is 0 Å². The van der Waals surface area contributed by atoms with Gasteiger partial charge in [0.1, 0.15) is 17.7 Å². The van der Waals surface area contributed by atoms with Crippen LogP contribution in [0.25, 0.3) is 0 Å². The van der Waals surface area contributed by atoms with Crippen LogP contribution in [-0.4, -0.2) is 10.1 Å². The normalized spacial score (nSPS) is 12.4. The highest BCUT2D eigenvalue weighted by atomic mass is 79.9. The zero-order chi connectivity index (χ0) is 13.3. The fourth-order valence-corrected chi connectivity index (χ4v) is 2.28. The van der Waals surface area contributed by atoms with E-state index in [1.165, 1.54) is 18.2 Å². The van der Waals surface area contributed by atoms with Gasteiger partial charge in [0.25, 0.3) is 0 Å². The summed E-state index contributed by atoms with van der Waals surface area (Å²) >= 11 is 3.23. The zero-order valence-electron chi connectivity index (χ0n) is 9.69. The van der Waals surface area contributed by atoms with E-state index in [-0.39, 0.29) is 11.6 Å². The molecule has 3 N–H and O–H groups in total. The van der Waals surface area contributed by atoms with Gasteiger partial charge in [-0.2, -0.15) is 0 Å². The Morgan fingerprint density at radius 3 is 2.72 bits per heavy atom. The van der Waals surface area contributed by atoms with Crippen LogP contribution in [0.4, 0.5) is 10.2 Å². The summed E-state index contributed by atoms with van der Waals surface area (Å²) in [7, 11) is 0. The average Bonchev–Trinajstić information content (AvgIpc) is 2.31. The Balaban J connectivity index is 2.47. The summed E-state index contributed by atoms with van der Waals surface area (Å²) in [6.07, 6.45) is 0.693. The number of benzene rings is 1. The maximum atomic E-state index is 13.0. The Morgan fingerprint density at radius 1 is 1.33 bits per heavy atom. The first-order valence-electron chi connectivity index (χ1n) is 5.34. The van der Waals surface area contributed by atoms with Gasteiger partial charge in [0.05, 0.1) is 0 Å². The summed E-state index contributed by atoms with van der Waals surface area (Å²) in [4.78, 5) is 4.00. The molecule has 2 rings (SSSR count). The largest absolute Gasteiger partial charge is 0.383 e. The maximum Gasteiger partial charge on any atom is 0.129 e. The molecule has 0 aliphatic rings. The van der Waals surface area contributed by atoms with Gasteiger partial charge in [0.2, 0.25) is 0 Å². The van der Waals surface area contributed by atoms with Gasteiger partial charge in [-0.15, -0.1) is 0 Å². The highest BCUT2D eigenvalue weighted by Crippen LogP contribution is 2.31. The van der Waals surface area contributed by atoms with Crippen molar-refractivity contribution in [3.8, 4) is 0 Å². The van der Waals surface area contributed by atoms with E-state index < -0.39 is 6.10 Å². The minimum atomic E-state index is -0.938. The van der Waals surface area contributed by atoms with E-state index in [9.17, 15) is 9.50 Å². The number of aryl methyl sites for hydroxylation is 1. The topological polar surface area (TPSA) is 59.1 Å². The van der Waals surface area contributed by atoms with Gasteiger partial charge in [-0.3, -0.25) is 0 Å². The Morgan fingerprint density at radius 2 is 2.06 bits per heavy atom. The van der Waals surface area contributed by atoms with E-state index in [2.05, 4.69) is 20.9 Å². The summed E-state index contributed by atoms with van der Waals surface area (Å²) in [5, 5.41) is 10.3. The lowest BCUT2D eigenvalue weighted by atomic mass is 10.0. The number of hydrogen-bond acceptors (Lipinski definition) is 3. The van der Waals surface area contributed by atoms with E-state index in [4.69, 9.17) is 5.73 Å². The third-order valence-electron chi connectivity index (χ3n) is 2.64. The van der Waals surface area contributed by atoms with Crippen molar-refractivity contribution < 1.29 is 9.50 Å². The van der Waals surface area contributed by atoms with Crippen LogP contribution in [0.15, 0.2) is 34.9 Å². The van der Waals surface area contributed by atoms with E-state index in [1.807, 2.05) is 6.92 Å². The van der Waals surface area contributed by atoms with Crippen LogP contribution in [0.5, 0.6) is 0 Å². The third kappa shape index (κ3) is 2.52. The van der Waals surface area contributed by atoms with Crippen molar-refractivity contribution in [3.63, 3.8) is 0 Å². The van der Waals surface area contributed by atoms with Crippen LogP contribution >= 0.6 is 15.9 Å². The maximum absolute atomic E-state index is 13.0.